The second-order valence-electron chi connectivity index (χ2n) is 10.5. The van der Waals surface area contributed by atoms with E-state index in [9.17, 15) is 0 Å². The lowest BCUT2D eigenvalue weighted by Gasteiger charge is -2.08. The number of hydrogen-bond donors (Lipinski definition) is 0. The summed E-state index contributed by atoms with van der Waals surface area (Å²) < 4.78 is 21.4. The first-order chi connectivity index (χ1) is 19.8. The highest BCUT2D eigenvalue weighted by atomic mass is 16.3. The number of furan rings is 3. The molecule has 0 unspecified atom stereocenters. The van der Waals surface area contributed by atoms with Crippen LogP contribution < -0.4 is 0 Å². The summed E-state index contributed by atoms with van der Waals surface area (Å²) in [6.45, 7) is 0. The number of para-hydroxylation sites is 3. The summed E-state index contributed by atoms with van der Waals surface area (Å²) in [7, 11) is 0. The zero-order chi connectivity index (χ0) is 25.9. The van der Waals surface area contributed by atoms with Crippen molar-refractivity contribution >= 4 is 87.6 Å². The van der Waals surface area contributed by atoms with E-state index in [-0.39, 0.29) is 0 Å². The molecule has 6 aromatic carbocycles. The second kappa shape index (κ2) is 7.13. The van der Waals surface area contributed by atoms with Crippen LogP contribution in [0.2, 0.25) is 0 Å². The fraction of sp³-hybridized carbons (Fsp3) is 0. The van der Waals surface area contributed by atoms with E-state index in [1.807, 2.05) is 30.3 Å². The van der Waals surface area contributed by atoms with Gasteiger partial charge in [0.1, 0.15) is 33.5 Å². The highest BCUT2D eigenvalue weighted by Crippen LogP contribution is 2.44. The van der Waals surface area contributed by atoms with E-state index in [1.165, 1.54) is 0 Å². The smallest absolute Gasteiger partial charge is 0.147 e. The third-order valence-electron chi connectivity index (χ3n) is 8.40. The van der Waals surface area contributed by atoms with E-state index in [2.05, 4.69) is 89.5 Å². The molecule has 186 valence electrons. The average Bonchev–Trinajstić information content (AvgIpc) is 3.74. The summed E-state index contributed by atoms with van der Waals surface area (Å²) in [6.07, 6.45) is 0. The lowest BCUT2D eigenvalue weighted by Crippen LogP contribution is -1.93. The van der Waals surface area contributed by atoms with Crippen LogP contribution in [-0.2, 0) is 0 Å². The van der Waals surface area contributed by atoms with Crippen molar-refractivity contribution in [3.05, 3.63) is 115 Å². The lowest BCUT2D eigenvalue weighted by atomic mass is 10.1. The fourth-order valence-corrected chi connectivity index (χ4v) is 6.68. The zero-order valence-corrected chi connectivity index (χ0v) is 21.1. The molecule has 4 heterocycles. The van der Waals surface area contributed by atoms with Crippen molar-refractivity contribution in [1.82, 2.24) is 4.57 Å². The van der Waals surface area contributed by atoms with Gasteiger partial charge in [-0.15, -0.1) is 0 Å². The first-order valence-corrected chi connectivity index (χ1v) is 13.4. The predicted octanol–water partition coefficient (Wildman–Crippen LogP) is 10.5. The monoisotopic (exact) mass is 513 g/mol. The Morgan fingerprint density at radius 2 is 1.00 bits per heavy atom. The number of hydrogen-bond acceptors (Lipinski definition) is 3. The Labute approximate surface area is 226 Å². The van der Waals surface area contributed by atoms with Crippen molar-refractivity contribution in [2.45, 2.75) is 0 Å². The molecule has 0 radical (unpaired) electrons. The molecule has 0 saturated heterocycles. The fourth-order valence-electron chi connectivity index (χ4n) is 6.68. The van der Waals surface area contributed by atoms with Gasteiger partial charge in [0.15, 0.2) is 0 Å². The molecule has 4 aromatic heterocycles. The van der Waals surface area contributed by atoms with Crippen molar-refractivity contribution in [3.63, 3.8) is 0 Å². The van der Waals surface area contributed by atoms with Crippen molar-refractivity contribution in [2.75, 3.05) is 0 Å². The molecule has 10 rings (SSSR count). The van der Waals surface area contributed by atoms with E-state index in [1.54, 1.807) is 0 Å². The van der Waals surface area contributed by atoms with Gasteiger partial charge in [-0.1, -0.05) is 54.6 Å². The van der Waals surface area contributed by atoms with Crippen LogP contribution in [0, 0.1) is 0 Å². The van der Waals surface area contributed by atoms with Gasteiger partial charge in [-0.25, -0.2) is 0 Å². The lowest BCUT2D eigenvalue weighted by molar-refractivity contribution is 0.664. The van der Waals surface area contributed by atoms with E-state index in [4.69, 9.17) is 13.3 Å². The minimum atomic E-state index is 0.840. The van der Waals surface area contributed by atoms with E-state index < -0.39 is 0 Å². The molecule has 0 aliphatic carbocycles. The van der Waals surface area contributed by atoms with Crippen LogP contribution >= 0.6 is 0 Å². The number of aromatic nitrogens is 1. The first kappa shape index (κ1) is 20.5. The summed E-state index contributed by atoms with van der Waals surface area (Å²) in [4.78, 5) is 0. The van der Waals surface area contributed by atoms with Crippen LogP contribution in [0.5, 0.6) is 0 Å². The Morgan fingerprint density at radius 3 is 1.88 bits per heavy atom. The minimum Gasteiger partial charge on any atom is -0.456 e. The summed E-state index contributed by atoms with van der Waals surface area (Å²) in [5.41, 5.74) is 8.60. The van der Waals surface area contributed by atoms with Crippen LogP contribution in [0.3, 0.4) is 0 Å². The third-order valence-corrected chi connectivity index (χ3v) is 8.40. The molecule has 0 aliphatic rings. The largest absolute Gasteiger partial charge is 0.456 e. The van der Waals surface area contributed by atoms with Crippen molar-refractivity contribution in [2.24, 2.45) is 0 Å². The average molecular weight is 514 g/mol. The van der Waals surface area contributed by atoms with E-state index >= 15 is 0 Å². The molecule has 4 heteroatoms. The molecule has 0 amide bonds. The van der Waals surface area contributed by atoms with Gasteiger partial charge in [0.25, 0.3) is 0 Å². The van der Waals surface area contributed by atoms with Crippen LogP contribution in [0.15, 0.2) is 129 Å². The SMILES string of the molecule is c1ccc2c(c1)oc1ccc(-n3c4ccccc4c4c5oc6c(ccc7oc8ccccc8c76)c5ccc43)cc12. The summed E-state index contributed by atoms with van der Waals surface area (Å²) >= 11 is 0. The Bertz CT molecular complexity index is 2660. The minimum absolute atomic E-state index is 0.840. The molecule has 4 nitrogen and oxygen atoms in total. The Morgan fingerprint density at radius 1 is 0.375 bits per heavy atom. The molecule has 10 aromatic rings. The Balaban J connectivity index is 1.35. The van der Waals surface area contributed by atoms with Crippen molar-refractivity contribution in [3.8, 4) is 5.69 Å². The van der Waals surface area contributed by atoms with Gasteiger partial charge in [-0.3, -0.25) is 0 Å². The molecule has 0 N–H and O–H groups in total. The van der Waals surface area contributed by atoms with Gasteiger partial charge < -0.3 is 17.8 Å². The maximum atomic E-state index is 6.83. The maximum Gasteiger partial charge on any atom is 0.147 e. The Hall–Kier alpha value is -5.48. The van der Waals surface area contributed by atoms with Crippen LogP contribution in [0.25, 0.3) is 93.3 Å². The molecule has 0 atom stereocenters. The van der Waals surface area contributed by atoms with Crippen LogP contribution in [0.1, 0.15) is 0 Å². The molecule has 40 heavy (non-hydrogen) atoms. The molecular formula is C36H19NO3. The molecule has 0 fully saturated rings. The van der Waals surface area contributed by atoms with Crippen molar-refractivity contribution < 1.29 is 13.3 Å². The van der Waals surface area contributed by atoms with Crippen LogP contribution in [-0.4, -0.2) is 4.57 Å². The number of fused-ring (bicyclic) bond motifs is 14. The summed E-state index contributed by atoms with van der Waals surface area (Å²) in [6, 6.07) is 40.0. The molecule has 0 bridgehead atoms. The third kappa shape index (κ3) is 2.46. The first-order valence-electron chi connectivity index (χ1n) is 13.4. The van der Waals surface area contributed by atoms with Gasteiger partial charge in [0.2, 0.25) is 0 Å². The molecular weight excluding hydrogens is 494 g/mol. The predicted molar refractivity (Wildman–Crippen MR) is 163 cm³/mol. The van der Waals surface area contributed by atoms with Crippen LogP contribution in [0.4, 0.5) is 0 Å². The van der Waals surface area contributed by atoms with Crippen molar-refractivity contribution in [1.29, 1.82) is 0 Å². The number of nitrogens with zero attached hydrogens (tertiary/aromatic N) is 1. The van der Waals surface area contributed by atoms with Gasteiger partial charge in [-0.2, -0.15) is 0 Å². The van der Waals surface area contributed by atoms with E-state index in [0.29, 0.717) is 0 Å². The Kier molecular flexibility index (Phi) is 3.65. The standard InChI is InChI=1S/C36H19NO3/c1-4-10-27-24(8-1)33-28(37(27)20-13-17-31-26(19-20)21-7-2-5-11-29(21)38-31)16-14-22-23-15-18-32-34(36(23)40-35(22)33)25-9-3-6-12-30(25)39-32/h1-19H. The normalized spacial score (nSPS) is 12.5. The second-order valence-corrected chi connectivity index (χ2v) is 10.5. The highest BCUT2D eigenvalue weighted by molar-refractivity contribution is 6.28. The number of benzene rings is 6. The van der Waals surface area contributed by atoms with E-state index in [0.717, 1.165) is 93.3 Å². The summed E-state index contributed by atoms with van der Waals surface area (Å²) in [5.74, 6) is 0. The molecule has 0 spiro atoms. The quantitative estimate of drug-likeness (QED) is 0.219. The van der Waals surface area contributed by atoms with Gasteiger partial charge in [-0.05, 0) is 60.7 Å². The van der Waals surface area contributed by atoms with Gasteiger partial charge in [0, 0.05) is 38.0 Å². The zero-order valence-electron chi connectivity index (χ0n) is 21.1. The summed E-state index contributed by atoms with van der Waals surface area (Å²) in [5, 5.41) is 8.80. The van der Waals surface area contributed by atoms with Gasteiger partial charge >= 0.3 is 0 Å². The molecule has 0 aliphatic heterocycles. The maximum absolute atomic E-state index is 6.83. The number of rotatable bonds is 1. The molecule has 0 saturated carbocycles. The van der Waals surface area contributed by atoms with Gasteiger partial charge in [0.05, 0.1) is 21.8 Å². The highest BCUT2D eigenvalue weighted by Gasteiger charge is 2.21. The topological polar surface area (TPSA) is 44.4 Å².